The fraction of sp³-hybridized carbons (Fsp3) is 0.0909. The number of fused-ring (bicyclic) bond motifs is 11. The van der Waals surface area contributed by atoms with Crippen LogP contribution in [0, 0.1) is 34.6 Å². The number of furan rings is 2. The molecule has 3 heterocycles. The molecular formula is C66H48N2O2. The van der Waals surface area contributed by atoms with Gasteiger partial charge in [-0.25, -0.2) is 0 Å². The van der Waals surface area contributed by atoms with Gasteiger partial charge in [0.15, 0.2) is 0 Å². The van der Waals surface area contributed by atoms with Gasteiger partial charge in [-0.3, -0.25) is 0 Å². The number of anilines is 6. The van der Waals surface area contributed by atoms with Crippen molar-refractivity contribution in [2.75, 3.05) is 9.80 Å². The van der Waals surface area contributed by atoms with Crippen molar-refractivity contribution < 1.29 is 8.83 Å². The van der Waals surface area contributed by atoms with Crippen LogP contribution in [-0.4, -0.2) is 0 Å². The zero-order chi connectivity index (χ0) is 47.0. The van der Waals surface area contributed by atoms with Gasteiger partial charge in [0.2, 0.25) is 0 Å². The maximum atomic E-state index is 7.48. The minimum Gasteiger partial charge on any atom is -0.455 e. The highest BCUT2D eigenvalue weighted by Crippen LogP contribution is 2.66. The largest absolute Gasteiger partial charge is 0.455 e. The van der Waals surface area contributed by atoms with Gasteiger partial charge in [0.1, 0.15) is 22.3 Å². The monoisotopic (exact) mass is 900 g/mol. The highest BCUT2D eigenvalue weighted by molar-refractivity contribution is 6.25. The highest BCUT2D eigenvalue weighted by Gasteiger charge is 2.52. The van der Waals surface area contributed by atoms with Crippen LogP contribution >= 0.6 is 0 Å². The zero-order valence-electron chi connectivity index (χ0n) is 39.8. The van der Waals surface area contributed by atoms with Gasteiger partial charge < -0.3 is 18.6 Å². The molecule has 4 nitrogen and oxygen atoms in total. The van der Waals surface area contributed by atoms with Gasteiger partial charge in [-0.05, 0) is 139 Å². The van der Waals surface area contributed by atoms with E-state index in [4.69, 9.17) is 8.83 Å². The Balaban J connectivity index is 1.27. The lowest BCUT2D eigenvalue weighted by Gasteiger charge is -2.36. The fourth-order valence-electron chi connectivity index (χ4n) is 12.3. The SMILES string of the molecule is Cc1ccc(C)c(N(c2ccccc2C)c2cc3c(c4oc5ccccc5c24)-c2c4cc(c5c2oc2ccccc25)N(c2ccccc2C)c2cc(C)ccc2-c2ccccc2C34c2ccccc2)c1. The van der Waals surface area contributed by atoms with E-state index in [1.807, 2.05) is 0 Å². The number of nitrogens with zero attached hydrogens (tertiary/aromatic N) is 2. The minimum atomic E-state index is -0.880. The molecule has 10 aromatic carbocycles. The van der Waals surface area contributed by atoms with Crippen molar-refractivity contribution in [1.29, 1.82) is 0 Å². The predicted molar refractivity (Wildman–Crippen MR) is 290 cm³/mol. The van der Waals surface area contributed by atoms with E-state index in [0.717, 1.165) is 111 Å². The average molecular weight is 901 g/mol. The maximum Gasteiger partial charge on any atom is 0.145 e. The summed E-state index contributed by atoms with van der Waals surface area (Å²) < 4.78 is 14.9. The van der Waals surface area contributed by atoms with E-state index < -0.39 is 5.41 Å². The normalized spacial score (nSPS) is 14.7. The molecule has 334 valence electrons. The second-order valence-corrected chi connectivity index (χ2v) is 19.5. The van der Waals surface area contributed by atoms with Crippen LogP contribution in [0.2, 0.25) is 0 Å². The molecule has 1 atom stereocenters. The molecule has 70 heavy (non-hydrogen) atoms. The molecule has 0 amide bonds. The number of aryl methyl sites for hydroxylation is 5. The summed E-state index contributed by atoms with van der Waals surface area (Å²) in [6, 6.07) is 73.9. The Kier molecular flexibility index (Phi) is 8.64. The molecule has 1 aliphatic carbocycles. The first-order valence-electron chi connectivity index (χ1n) is 24.3. The van der Waals surface area contributed by atoms with Crippen LogP contribution in [0.25, 0.3) is 66.1 Å². The molecule has 2 aromatic heterocycles. The Bertz CT molecular complexity index is 4160. The van der Waals surface area contributed by atoms with Gasteiger partial charge in [0.05, 0.1) is 33.2 Å². The second kappa shape index (κ2) is 14.9. The summed E-state index contributed by atoms with van der Waals surface area (Å²) >= 11 is 0. The molecule has 0 fully saturated rings. The summed E-state index contributed by atoms with van der Waals surface area (Å²) in [4.78, 5) is 5.02. The Morgan fingerprint density at radius 1 is 0.386 bits per heavy atom. The van der Waals surface area contributed by atoms with Gasteiger partial charge in [0, 0.05) is 44.5 Å². The lowest BCUT2D eigenvalue weighted by Crippen LogP contribution is -2.29. The summed E-state index contributed by atoms with van der Waals surface area (Å²) in [7, 11) is 0. The Morgan fingerprint density at radius 3 is 1.73 bits per heavy atom. The summed E-state index contributed by atoms with van der Waals surface area (Å²) in [5, 5.41) is 4.25. The molecule has 4 bridgehead atoms. The van der Waals surface area contributed by atoms with E-state index >= 15 is 0 Å². The van der Waals surface area contributed by atoms with Crippen LogP contribution in [0.1, 0.15) is 50.1 Å². The average Bonchev–Trinajstić information content (AvgIpc) is 4.06. The molecule has 12 aromatic rings. The quantitative estimate of drug-likeness (QED) is 0.172. The van der Waals surface area contributed by atoms with Crippen molar-refractivity contribution in [3.05, 3.63) is 250 Å². The van der Waals surface area contributed by atoms with E-state index in [-0.39, 0.29) is 0 Å². The predicted octanol–water partition coefficient (Wildman–Crippen LogP) is 18.3. The zero-order valence-corrected chi connectivity index (χ0v) is 39.8. The number of hydrogen-bond acceptors (Lipinski definition) is 4. The molecule has 1 aliphatic heterocycles. The third-order valence-corrected chi connectivity index (χ3v) is 15.3. The summed E-state index contributed by atoms with van der Waals surface area (Å²) in [5.41, 5.74) is 24.1. The van der Waals surface area contributed by atoms with Crippen molar-refractivity contribution in [3.8, 4) is 22.3 Å². The van der Waals surface area contributed by atoms with E-state index in [1.165, 1.54) is 38.9 Å². The smallest absolute Gasteiger partial charge is 0.145 e. The Morgan fingerprint density at radius 2 is 0.971 bits per heavy atom. The van der Waals surface area contributed by atoms with Crippen molar-refractivity contribution >= 4 is 78.0 Å². The first-order valence-corrected chi connectivity index (χ1v) is 24.3. The molecule has 0 spiro atoms. The van der Waals surface area contributed by atoms with E-state index in [0.29, 0.717) is 0 Å². The van der Waals surface area contributed by atoms with Crippen molar-refractivity contribution in [2.45, 2.75) is 40.0 Å². The molecule has 1 unspecified atom stereocenters. The molecule has 0 saturated carbocycles. The lowest BCUT2D eigenvalue weighted by molar-refractivity contribution is 0.665. The number of para-hydroxylation sites is 4. The summed E-state index contributed by atoms with van der Waals surface area (Å²) in [6.45, 7) is 11.1. The van der Waals surface area contributed by atoms with Crippen LogP contribution in [-0.2, 0) is 5.41 Å². The topological polar surface area (TPSA) is 32.8 Å². The maximum absolute atomic E-state index is 7.48. The molecule has 0 saturated heterocycles. The summed E-state index contributed by atoms with van der Waals surface area (Å²) in [5.74, 6) is 0. The van der Waals surface area contributed by atoms with Gasteiger partial charge >= 0.3 is 0 Å². The summed E-state index contributed by atoms with van der Waals surface area (Å²) in [6.07, 6.45) is 0. The molecular weight excluding hydrogens is 853 g/mol. The van der Waals surface area contributed by atoms with Crippen LogP contribution in [0.5, 0.6) is 0 Å². The fourth-order valence-corrected chi connectivity index (χ4v) is 12.3. The van der Waals surface area contributed by atoms with E-state index in [2.05, 4.69) is 245 Å². The molecule has 14 rings (SSSR count). The van der Waals surface area contributed by atoms with Crippen molar-refractivity contribution in [1.82, 2.24) is 0 Å². The molecule has 4 heteroatoms. The van der Waals surface area contributed by atoms with Crippen LogP contribution in [0.3, 0.4) is 0 Å². The number of rotatable bonds is 5. The lowest BCUT2D eigenvalue weighted by atomic mass is 9.65. The van der Waals surface area contributed by atoms with Crippen molar-refractivity contribution in [3.63, 3.8) is 0 Å². The molecule has 0 N–H and O–H groups in total. The van der Waals surface area contributed by atoms with E-state index in [9.17, 15) is 0 Å². The minimum absolute atomic E-state index is 0.839. The van der Waals surface area contributed by atoms with Gasteiger partial charge in [-0.15, -0.1) is 0 Å². The first-order chi connectivity index (χ1) is 34.3. The molecule has 0 radical (unpaired) electrons. The van der Waals surface area contributed by atoms with Crippen LogP contribution < -0.4 is 9.80 Å². The van der Waals surface area contributed by atoms with Gasteiger partial charge in [-0.1, -0.05) is 152 Å². The Hall–Kier alpha value is -8.60. The van der Waals surface area contributed by atoms with Gasteiger partial charge in [0.25, 0.3) is 0 Å². The molecule has 2 aliphatic rings. The number of benzene rings is 10. The Labute approximate surface area is 407 Å². The van der Waals surface area contributed by atoms with Crippen LogP contribution in [0.4, 0.5) is 34.1 Å². The van der Waals surface area contributed by atoms with Crippen LogP contribution in [0.15, 0.2) is 209 Å². The highest BCUT2D eigenvalue weighted by atomic mass is 16.3. The second-order valence-electron chi connectivity index (χ2n) is 19.5. The third kappa shape index (κ3) is 5.47. The standard InChI is InChI=1S/C66H48N2O2/c1-39-31-33-43(5)54(35-39)67(52-27-15-9-19-41(52)3)56-37-50-62(64-60(56)47-24-12-17-29-58(47)69-64)63-51-38-57(61-48-25-13-18-30-59(48)70-65(61)63)68(53-28-16-10-20-42(53)4)55-36-40(2)32-34-46(55)45-23-11-14-26-49(45)66(50,51)44-21-7-6-8-22-44/h6-38H,1-5H3. The van der Waals surface area contributed by atoms with Gasteiger partial charge in [-0.2, -0.15) is 0 Å². The van der Waals surface area contributed by atoms with E-state index in [1.54, 1.807) is 0 Å². The number of hydrogen-bond donors (Lipinski definition) is 0. The van der Waals surface area contributed by atoms with Crippen molar-refractivity contribution in [2.24, 2.45) is 0 Å². The first kappa shape index (κ1) is 40.5. The third-order valence-electron chi connectivity index (χ3n) is 15.3.